The number of benzene rings is 2. The van der Waals surface area contributed by atoms with Gasteiger partial charge in [-0.15, -0.1) is 0 Å². The molecule has 0 saturated heterocycles. The van der Waals surface area contributed by atoms with E-state index in [0.29, 0.717) is 47.6 Å². The van der Waals surface area contributed by atoms with Crippen LogP contribution in [0.25, 0.3) is 5.57 Å². The van der Waals surface area contributed by atoms with Gasteiger partial charge in [-0.25, -0.2) is 0 Å². The van der Waals surface area contributed by atoms with Crippen molar-refractivity contribution < 1.29 is 32.2 Å². The number of nitrogens with one attached hydrogen (secondary N) is 2. The van der Waals surface area contributed by atoms with Crippen LogP contribution in [0.3, 0.4) is 0 Å². The summed E-state index contributed by atoms with van der Waals surface area (Å²) in [5.41, 5.74) is 2.81. The van der Waals surface area contributed by atoms with E-state index in [-0.39, 0.29) is 31.1 Å². The van der Waals surface area contributed by atoms with Crippen LogP contribution in [0.15, 0.2) is 42.0 Å². The van der Waals surface area contributed by atoms with Crippen molar-refractivity contribution >= 4 is 23.1 Å². The molecule has 1 spiro atoms. The number of hydrogen-bond donors (Lipinski definition) is 2. The Morgan fingerprint density at radius 1 is 1.17 bits per heavy atom. The van der Waals surface area contributed by atoms with Crippen LogP contribution in [-0.4, -0.2) is 31.2 Å². The topological polar surface area (TPSA) is 100 Å². The summed E-state index contributed by atoms with van der Waals surface area (Å²) in [7, 11) is 0. The number of carbonyl (C=O) groups excluding carboxylic acids is 2. The molecule has 2 amide bonds. The molecule has 186 valence electrons. The zero-order valence-electron chi connectivity index (χ0n) is 19.1. The molecule has 2 aromatic rings. The Balaban J connectivity index is 1.41. The van der Waals surface area contributed by atoms with Gasteiger partial charge >= 0.3 is 6.18 Å². The van der Waals surface area contributed by atoms with Gasteiger partial charge < -0.3 is 20.1 Å². The molecule has 5 rings (SSSR count). The SMILES string of the molecule is N#CC1=C(c2ccc3c(c2)NC(=O)CO3)C[C@]2(CCc3cc(OCCCC(F)(F)F)ccc32)NC1=O. The summed E-state index contributed by atoms with van der Waals surface area (Å²) in [6, 6.07) is 12.5. The van der Waals surface area contributed by atoms with Gasteiger partial charge in [0.25, 0.3) is 11.8 Å². The molecule has 0 bridgehead atoms. The average Bonchev–Trinajstić information content (AvgIpc) is 3.17. The van der Waals surface area contributed by atoms with Gasteiger partial charge in [0.2, 0.25) is 0 Å². The van der Waals surface area contributed by atoms with E-state index in [4.69, 9.17) is 9.47 Å². The van der Waals surface area contributed by atoms with Gasteiger partial charge in [-0.1, -0.05) is 12.1 Å². The standard InChI is InChI=1S/C26H22F3N3O4/c27-26(28,29)7-1-9-35-17-3-4-20-16(10-17)6-8-25(20)12-18(19(13-30)24(34)32-25)15-2-5-22-21(11-15)31-23(33)14-36-22/h2-5,10-11H,1,6-9,12,14H2,(H,31,33)(H,32,34)/t25-/m0/s1. The summed E-state index contributed by atoms with van der Waals surface area (Å²) in [6.45, 7) is -0.119. The second-order valence-corrected chi connectivity index (χ2v) is 9.11. The Bertz CT molecular complexity index is 1330. The van der Waals surface area contributed by atoms with E-state index in [9.17, 15) is 28.0 Å². The number of carbonyl (C=O) groups is 2. The van der Waals surface area contributed by atoms with Crippen LogP contribution in [-0.2, 0) is 21.5 Å². The van der Waals surface area contributed by atoms with Gasteiger partial charge in [-0.3, -0.25) is 9.59 Å². The fourth-order valence-electron chi connectivity index (χ4n) is 5.08. The Kier molecular flexibility index (Phi) is 5.86. The zero-order chi connectivity index (χ0) is 25.5. The molecular weight excluding hydrogens is 475 g/mol. The normalized spacial score (nSPS) is 20.7. The monoisotopic (exact) mass is 497 g/mol. The second-order valence-electron chi connectivity index (χ2n) is 9.11. The van der Waals surface area contributed by atoms with Gasteiger partial charge in [0.1, 0.15) is 23.1 Å². The molecule has 1 atom stereocenters. The Hall–Kier alpha value is -4.00. The number of hydrogen-bond acceptors (Lipinski definition) is 5. The van der Waals surface area contributed by atoms with Crippen LogP contribution >= 0.6 is 0 Å². The van der Waals surface area contributed by atoms with Crippen molar-refractivity contribution in [2.24, 2.45) is 0 Å². The van der Waals surface area contributed by atoms with Crippen molar-refractivity contribution in [3.05, 3.63) is 58.7 Å². The lowest BCUT2D eigenvalue weighted by atomic mass is 9.78. The maximum absolute atomic E-state index is 13.0. The molecule has 2 aliphatic heterocycles. The van der Waals surface area contributed by atoms with E-state index in [2.05, 4.69) is 10.6 Å². The average molecular weight is 497 g/mol. The van der Waals surface area contributed by atoms with Crippen LogP contribution in [0.5, 0.6) is 11.5 Å². The van der Waals surface area contributed by atoms with E-state index in [1.165, 1.54) is 0 Å². The highest BCUT2D eigenvalue weighted by Crippen LogP contribution is 2.48. The molecule has 1 aliphatic carbocycles. The van der Waals surface area contributed by atoms with E-state index in [1.807, 2.05) is 12.1 Å². The fourth-order valence-corrected chi connectivity index (χ4v) is 5.08. The predicted molar refractivity (Wildman–Crippen MR) is 123 cm³/mol. The number of fused-ring (bicyclic) bond motifs is 3. The summed E-state index contributed by atoms with van der Waals surface area (Å²) in [5.74, 6) is 0.237. The lowest BCUT2D eigenvalue weighted by Crippen LogP contribution is -2.48. The van der Waals surface area contributed by atoms with E-state index in [1.54, 1.807) is 30.3 Å². The molecule has 36 heavy (non-hydrogen) atoms. The first-order valence-electron chi connectivity index (χ1n) is 11.5. The highest BCUT2D eigenvalue weighted by atomic mass is 19.4. The number of ether oxygens (including phenoxy) is 2. The lowest BCUT2D eigenvalue weighted by molar-refractivity contribution is -0.136. The molecule has 3 aliphatic rings. The number of nitrogens with zero attached hydrogens (tertiary/aromatic N) is 1. The molecule has 0 radical (unpaired) electrons. The highest BCUT2D eigenvalue weighted by Gasteiger charge is 2.45. The van der Waals surface area contributed by atoms with Crippen molar-refractivity contribution in [1.82, 2.24) is 5.32 Å². The maximum atomic E-state index is 13.0. The molecule has 0 saturated carbocycles. The predicted octanol–water partition coefficient (Wildman–Crippen LogP) is 4.38. The number of nitriles is 1. The molecule has 2 aromatic carbocycles. The molecule has 0 aromatic heterocycles. The van der Waals surface area contributed by atoms with Crippen LogP contribution in [0.1, 0.15) is 42.4 Å². The van der Waals surface area contributed by atoms with Gasteiger partial charge in [0.15, 0.2) is 6.61 Å². The van der Waals surface area contributed by atoms with Crippen molar-refractivity contribution in [1.29, 1.82) is 5.26 Å². The first-order chi connectivity index (χ1) is 17.2. The maximum Gasteiger partial charge on any atom is 0.389 e. The summed E-state index contributed by atoms with van der Waals surface area (Å²) in [5, 5.41) is 15.5. The van der Waals surface area contributed by atoms with Gasteiger partial charge in [0.05, 0.1) is 17.8 Å². The molecule has 0 fully saturated rings. The van der Waals surface area contributed by atoms with Crippen molar-refractivity contribution in [2.45, 2.75) is 43.8 Å². The van der Waals surface area contributed by atoms with E-state index >= 15 is 0 Å². The zero-order valence-corrected chi connectivity index (χ0v) is 19.1. The summed E-state index contributed by atoms with van der Waals surface area (Å²) < 4.78 is 48.0. The number of rotatable bonds is 5. The first kappa shape index (κ1) is 23.7. The van der Waals surface area contributed by atoms with Crippen LogP contribution in [0.2, 0.25) is 0 Å². The number of halogens is 3. The Labute approximate surface area is 204 Å². The third-order valence-electron chi connectivity index (χ3n) is 6.72. The van der Waals surface area contributed by atoms with Crippen molar-refractivity contribution in [3.8, 4) is 17.6 Å². The Morgan fingerprint density at radius 2 is 2.00 bits per heavy atom. The number of amides is 2. The molecular formula is C26H22F3N3O4. The largest absolute Gasteiger partial charge is 0.494 e. The first-order valence-corrected chi connectivity index (χ1v) is 11.5. The van der Waals surface area contributed by atoms with Crippen LogP contribution < -0.4 is 20.1 Å². The highest BCUT2D eigenvalue weighted by molar-refractivity contribution is 6.07. The van der Waals surface area contributed by atoms with Crippen molar-refractivity contribution in [2.75, 3.05) is 18.5 Å². The van der Waals surface area contributed by atoms with Gasteiger partial charge in [-0.05, 0) is 65.8 Å². The van der Waals surface area contributed by atoms with Crippen LogP contribution in [0, 0.1) is 11.3 Å². The summed E-state index contributed by atoms with van der Waals surface area (Å²) in [4.78, 5) is 24.8. The number of aryl methyl sites for hydroxylation is 1. The Morgan fingerprint density at radius 3 is 2.78 bits per heavy atom. The second kappa shape index (κ2) is 8.90. The van der Waals surface area contributed by atoms with Crippen LogP contribution in [0.4, 0.5) is 18.9 Å². The van der Waals surface area contributed by atoms with Crippen molar-refractivity contribution in [3.63, 3.8) is 0 Å². The minimum absolute atomic E-state index is 0.0155. The number of alkyl halides is 3. The van der Waals surface area contributed by atoms with Gasteiger partial charge in [-0.2, -0.15) is 18.4 Å². The number of anilines is 1. The summed E-state index contributed by atoms with van der Waals surface area (Å²) >= 11 is 0. The third kappa shape index (κ3) is 4.49. The smallest absolute Gasteiger partial charge is 0.389 e. The molecule has 10 heteroatoms. The van der Waals surface area contributed by atoms with Gasteiger partial charge in [0, 0.05) is 12.8 Å². The molecule has 2 heterocycles. The lowest BCUT2D eigenvalue weighted by Gasteiger charge is -2.37. The molecule has 7 nitrogen and oxygen atoms in total. The fraction of sp³-hybridized carbons (Fsp3) is 0.346. The van der Waals surface area contributed by atoms with E-state index in [0.717, 1.165) is 11.1 Å². The summed E-state index contributed by atoms with van der Waals surface area (Å²) in [6.07, 6.45) is -3.64. The molecule has 0 unspecified atom stereocenters. The van der Waals surface area contributed by atoms with E-state index < -0.39 is 24.0 Å². The quantitative estimate of drug-likeness (QED) is 0.598. The minimum atomic E-state index is -4.21. The minimum Gasteiger partial charge on any atom is -0.494 e. The third-order valence-corrected chi connectivity index (χ3v) is 6.72. The molecule has 2 N–H and O–H groups in total.